The Morgan fingerprint density at radius 2 is 0.578 bits per heavy atom. The molecule has 116 heavy (non-hydrogen) atoms. The zero-order chi connectivity index (χ0) is 88.3. The number of hydrogen-bond acceptors (Lipinski definition) is 22. The topological polar surface area (TPSA) is 610 Å². The van der Waals surface area contributed by atoms with Crippen LogP contribution >= 0.6 is 11.8 Å². The van der Waals surface area contributed by atoms with Crippen molar-refractivity contribution in [3.63, 3.8) is 0 Å². The van der Waals surface area contributed by atoms with Crippen molar-refractivity contribution in [1.29, 1.82) is 0 Å². The molecular weight excluding hydrogens is 1570 g/mol. The van der Waals surface area contributed by atoms with Gasteiger partial charge in [0.05, 0.1) is 37.0 Å². The minimum absolute atomic E-state index is 0. The van der Waals surface area contributed by atoms with Crippen LogP contribution in [0.1, 0.15) is 212 Å². The smallest absolute Gasteiger partial charge is 0.305 e. The number of alkyl halides is 4. The minimum atomic E-state index is -3.03. The first-order chi connectivity index (χ1) is 53.5. The summed E-state index contributed by atoms with van der Waals surface area (Å²) in [5, 5.41) is 94.0. The molecule has 0 aromatic heterocycles. The van der Waals surface area contributed by atoms with E-state index in [0.29, 0.717) is 12.8 Å². The summed E-state index contributed by atoms with van der Waals surface area (Å²) < 4.78 is 53.5. The Kier molecular flexibility index (Phi) is 52.9. The molecule has 0 spiro atoms. The van der Waals surface area contributed by atoms with Crippen LogP contribution in [0.3, 0.4) is 0 Å². The second-order valence-corrected chi connectivity index (χ2v) is 30.3. The van der Waals surface area contributed by atoms with Gasteiger partial charge in [-0.3, -0.25) is 91.1 Å². The van der Waals surface area contributed by atoms with E-state index in [1.54, 1.807) is 34.0 Å². The van der Waals surface area contributed by atoms with Crippen LogP contribution in [0.4, 0.5) is 17.6 Å². The molecule has 0 radical (unpaired) electrons. The lowest BCUT2D eigenvalue weighted by atomic mass is 9.84. The summed E-state index contributed by atoms with van der Waals surface area (Å²) in [4.78, 5) is 240. The Morgan fingerprint density at radius 1 is 0.328 bits per heavy atom. The zero-order valence-electron chi connectivity index (χ0n) is 66.4. The molecule has 0 saturated heterocycles. The number of amides is 10. The van der Waals surface area contributed by atoms with Crippen molar-refractivity contribution in [1.82, 2.24) is 63.8 Å². The van der Waals surface area contributed by atoms with Crippen LogP contribution in [0.2, 0.25) is 0 Å². The molecule has 1 fully saturated rings. The van der Waals surface area contributed by atoms with Gasteiger partial charge in [-0.15, -0.1) is 0 Å². The number of nitrogens with one attached hydrogen (secondary N) is 12. The summed E-state index contributed by atoms with van der Waals surface area (Å²) in [6.45, 7) is 15.4. The number of carbonyl (C=O) groups excluding carboxylic acids is 12. The monoisotopic (exact) mass is 1690 g/mol. The lowest BCUT2D eigenvalue weighted by Crippen LogP contribution is -2.60. The highest BCUT2D eigenvalue weighted by Crippen LogP contribution is 2.28. The quantitative estimate of drug-likeness (QED) is 0.0385. The second-order valence-electron chi connectivity index (χ2n) is 29.3. The number of hydrogen-bond donors (Lipinski definition) is 19. The number of Topliss-reactive ketones (excluding diaryl/α,β-unsaturated/α-hetero) is 2. The summed E-state index contributed by atoms with van der Waals surface area (Å²) in [7, 11) is 0. The van der Waals surface area contributed by atoms with Crippen LogP contribution < -0.4 is 63.8 Å². The van der Waals surface area contributed by atoms with Crippen LogP contribution in [0, 0.1) is 23.7 Å². The molecule has 43 heteroatoms. The van der Waals surface area contributed by atoms with E-state index >= 15 is 0 Å². The van der Waals surface area contributed by atoms with E-state index in [1.165, 1.54) is 53.3 Å². The van der Waals surface area contributed by atoms with Gasteiger partial charge in [0.1, 0.15) is 48.3 Å². The Bertz CT molecular complexity index is 3300. The third-order valence-electron chi connectivity index (χ3n) is 17.6. The Labute approximate surface area is 674 Å². The van der Waals surface area contributed by atoms with Crippen molar-refractivity contribution < 1.29 is 144 Å². The Balaban J connectivity index is 0. The average molecular weight is 1690 g/mol. The van der Waals surface area contributed by atoms with Crippen molar-refractivity contribution in [3.05, 3.63) is 0 Å². The molecule has 0 aliphatic heterocycles. The van der Waals surface area contributed by atoms with Gasteiger partial charge in [-0.1, -0.05) is 109 Å². The van der Waals surface area contributed by atoms with Gasteiger partial charge in [0.15, 0.2) is 11.6 Å². The van der Waals surface area contributed by atoms with E-state index in [0.717, 1.165) is 19.3 Å². The second kappa shape index (κ2) is 56.6. The predicted molar refractivity (Wildman–Crippen MR) is 409 cm³/mol. The molecule has 1 aliphatic rings. The van der Waals surface area contributed by atoms with Crippen molar-refractivity contribution in [2.75, 3.05) is 12.0 Å². The third kappa shape index (κ3) is 46.2. The molecule has 0 aromatic rings. The SMILES string of the molecule is C.CC(C)N[C@@H](CC(=O)O)C(=O)N[C@@H](CCC(=O)O)C(=O)N[C@H](C(=O)N[C@@H](CCC(=O)O)C(=O)N[C@@H](CC1CCCCC1)C(=O)NC(CC(F)F)C(=O)C(C)C)C(C)C.CSCC[C@H](NC(=O)[C@H](CCC(=O)O)NC(=O)[C@H](CC(=O)O)NC(C)C)C(=O)N[C@@H](CCC(=O)O)C(=O)N[C@@H](CCC(=O)O)C(=O)NC(CC(F)F)C(=O)C(C)C. The molecule has 38 nitrogen and oxygen atoms in total. The number of aliphatic carboxylic acids is 7. The summed E-state index contributed by atoms with van der Waals surface area (Å²) in [6.07, 6.45) is -9.60. The van der Waals surface area contributed by atoms with Gasteiger partial charge >= 0.3 is 41.8 Å². The number of carboxylic acids is 7. The molecule has 1 aliphatic carbocycles. The molecule has 2 unspecified atom stereocenters. The lowest BCUT2D eigenvalue weighted by Gasteiger charge is -2.30. The van der Waals surface area contributed by atoms with Crippen LogP contribution in [0.25, 0.3) is 0 Å². The van der Waals surface area contributed by atoms with E-state index in [4.69, 9.17) is 0 Å². The van der Waals surface area contributed by atoms with Gasteiger partial charge in [-0.05, 0) is 68.8 Å². The van der Waals surface area contributed by atoms with Gasteiger partial charge in [0.2, 0.25) is 71.9 Å². The zero-order valence-corrected chi connectivity index (χ0v) is 67.2. The molecule has 10 amide bonds. The molecule has 1 rings (SSSR count). The normalized spacial score (nSPS) is 15.3. The number of carboxylic acid groups (broad SMARTS) is 7. The summed E-state index contributed by atoms with van der Waals surface area (Å²) in [5.74, 6) is -23.2. The number of halogens is 4. The molecule has 0 aromatic carbocycles. The number of carbonyl (C=O) groups is 19. The molecule has 662 valence electrons. The average Bonchev–Trinajstić information content (AvgIpc) is 0.857. The van der Waals surface area contributed by atoms with Crippen LogP contribution in [-0.4, -0.2) is 258 Å². The summed E-state index contributed by atoms with van der Waals surface area (Å²) in [6, 6.07) is -19.2. The van der Waals surface area contributed by atoms with Gasteiger partial charge in [0, 0.05) is 68.9 Å². The molecule has 0 heterocycles. The first-order valence-corrected chi connectivity index (χ1v) is 39.1. The maximum Gasteiger partial charge on any atom is 0.305 e. The Morgan fingerprint density at radius 3 is 0.828 bits per heavy atom. The maximum absolute atomic E-state index is 13.8. The van der Waals surface area contributed by atoms with E-state index in [2.05, 4.69) is 63.8 Å². The maximum atomic E-state index is 13.8. The molecular formula is C73H120F4N12O26S. The highest BCUT2D eigenvalue weighted by Gasteiger charge is 2.40. The first kappa shape index (κ1) is 108. The van der Waals surface area contributed by atoms with E-state index in [1.807, 2.05) is 0 Å². The van der Waals surface area contributed by atoms with Crippen LogP contribution in [0.5, 0.6) is 0 Å². The fourth-order valence-corrected chi connectivity index (χ4v) is 12.1. The van der Waals surface area contributed by atoms with Crippen molar-refractivity contribution in [2.24, 2.45) is 23.7 Å². The number of ketones is 2. The third-order valence-corrected chi connectivity index (χ3v) is 18.2. The van der Waals surface area contributed by atoms with Crippen molar-refractivity contribution >= 4 is 124 Å². The molecule has 12 atom stereocenters. The van der Waals surface area contributed by atoms with Crippen molar-refractivity contribution in [2.45, 2.75) is 309 Å². The van der Waals surface area contributed by atoms with Gasteiger partial charge < -0.3 is 99.5 Å². The van der Waals surface area contributed by atoms with E-state index < -0.39 is 305 Å². The lowest BCUT2D eigenvalue weighted by molar-refractivity contribution is -0.141. The van der Waals surface area contributed by atoms with Crippen LogP contribution in [-0.2, 0) is 91.1 Å². The predicted octanol–water partition coefficient (Wildman–Crippen LogP) is 1.60. The molecule has 1 saturated carbocycles. The standard InChI is InChI=1S/C38H62F2N6O12.C34H54F2N6O14S.CH4/c1-19(2)32(46-35(55)24(13-15-30(49)50)42-37(57)27(18-31(51)52)41-21(5)6)38(58)43-23(12-14-29(47)48)34(54)45-26(16-22-10-8-7-9-11-22)36(56)44-25(17-28(39)40)33(53)20(3)4;1-16(2)29(51)22(14-24(35)36)42-32(54)20(8-11-27(47)48)38-30(52)18(6-9-25(43)44)39-33(55)21(12-13-57-5)41-31(53)19(7-10-26(45)46)40-34(56)23(15-28(49)50)37-17(3)4;/h19-28,32,41H,7-18H2,1-6H3,(H,42,57)(H,43,58)(H,44,56)(H,45,54)(H,46,55)(H,47,48)(H,49,50)(H,51,52);16-24,37H,6-15H2,1-5H3,(H,38,52)(H,39,55)(H,40,56)(H,41,53)(H,42,54)(H,43,44)(H,45,46)(H,47,48)(H,49,50);1H4/t23-,24-,25?,26-,27-,32-;18-,19-,20-,21-,22?,23-;/m00./s1. The van der Waals surface area contributed by atoms with Crippen LogP contribution in [0.15, 0.2) is 0 Å². The Hall–Kier alpha value is -9.68. The van der Waals surface area contributed by atoms with Crippen molar-refractivity contribution in [3.8, 4) is 0 Å². The number of thioether (sulfide) groups is 1. The highest BCUT2D eigenvalue weighted by molar-refractivity contribution is 7.98. The van der Waals surface area contributed by atoms with Gasteiger partial charge in [-0.25, -0.2) is 17.6 Å². The summed E-state index contributed by atoms with van der Waals surface area (Å²) in [5.41, 5.74) is 0. The van der Waals surface area contributed by atoms with E-state index in [-0.39, 0.29) is 44.0 Å². The highest BCUT2D eigenvalue weighted by atomic mass is 32.2. The number of rotatable bonds is 57. The first-order valence-electron chi connectivity index (χ1n) is 37.7. The fraction of sp³-hybridized carbons (Fsp3) is 0.740. The van der Waals surface area contributed by atoms with E-state index in [9.17, 15) is 144 Å². The largest absolute Gasteiger partial charge is 0.481 e. The van der Waals surface area contributed by atoms with Gasteiger partial charge in [0.25, 0.3) is 0 Å². The summed E-state index contributed by atoms with van der Waals surface area (Å²) >= 11 is 1.23. The molecule has 0 bridgehead atoms. The fourth-order valence-electron chi connectivity index (χ4n) is 11.7. The van der Waals surface area contributed by atoms with Gasteiger partial charge in [-0.2, -0.15) is 11.8 Å². The molecule has 19 N–H and O–H groups in total. The minimum Gasteiger partial charge on any atom is -0.481 e.